The van der Waals surface area contributed by atoms with Crippen LogP contribution < -0.4 is 17.2 Å². The van der Waals surface area contributed by atoms with Crippen molar-refractivity contribution in [3.63, 3.8) is 0 Å². The number of primary amides is 1. The molecule has 0 saturated heterocycles. The van der Waals surface area contributed by atoms with Crippen molar-refractivity contribution in [2.24, 2.45) is 5.73 Å². The second kappa shape index (κ2) is 6.96. The third-order valence-electron chi connectivity index (χ3n) is 2.91. The number of hydrogen-bond acceptors (Lipinski definition) is 4. The van der Waals surface area contributed by atoms with Crippen LogP contribution in [0.15, 0.2) is 36.4 Å². The van der Waals surface area contributed by atoms with Gasteiger partial charge >= 0.3 is 0 Å². The number of hydrogen-bond donors (Lipinski definition) is 3. The summed E-state index contributed by atoms with van der Waals surface area (Å²) in [6.07, 6.45) is 0. The molecule has 2 aromatic rings. The number of anilines is 2. The highest BCUT2D eigenvalue weighted by atomic mass is 16.1. The Morgan fingerprint density at radius 3 is 1.95 bits per heavy atom. The molecule has 5 heteroatoms. The second-order valence-electron chi connectivity index (χ2n) is 4.62. The fourth-order valence-electron chi connectivity index (χ4n) is 1.67. The summed E-state index contributed by atoms with van der Waals surface area (Å²) in [7, 11) is 0. The van der Waals surface area contributed by atoms with E-state index in [9.17, 15) is 4.79 Å². The first-order chi connectivity index (χ1) is 9.85. The fraction of sp³-hybridized carbons (Fsp3) is 0.125. The molecule has 5 nitrogen and oxygen atoms in total. The SMILES string of the molecule is Cc1ccc(N)cc1C#N.Cc1ccc(N)cc1C(N)=O. The Kier molecular flexibility index (Phi) is 5.32. The number of nitrogens with zero attached hydrogens (tertiary/aromatic N) is 1. The maximum atomic E-state index is 10.7. The Balaban J connectivity index is 0.000000211. The molecule has 0 radical (unpaired) electrons. The summed E-state index contributed by atoms with van der Waals surface area (Å²) in [4.78, 5) is 10.7. The van der Waals surface area contributed by atoms with Crippen LogP contribution in [0.2, 0.25) is 0 Å². The monoisotopic (exact) mass is 282 g/mol. The molecule has 0 heterocycles. The largest absolute Gasteiger partial charge is 0.399 e. The maximum absolute atomic E-state index is 10.7. The molecule has 108 valence electrons. The Hall–Kier alpha value is -3.00. The lowest BCUT2D eigenvalue weighted by Crippen LogP contribution is -2.12. The van der Waals surface area contributed by atoms with Crippen molar-refractivity contribution in [3.05, 3.63) is 58.7 Å². The van der Waals surface area contributed by atoms with Gasteiger partial charge < -0.3 is 17.2 Å². The molecule has 0 aliphatic heterocycles. The molecular weight excluding hydrogens is 264 g/mol. The molecule has 0 spiro atoms. The van der Waals surface area contributed by atoms with E-state index in [1.165, 1.54) is 0 Å². The lowest BCUT2D eigenvalue weighted by atomic mass is 10.1. The van der Waals surface area contributed by atoms with Gasteiger partial charge in [0, 0.05) is 16.9 Å². The quantitative estimate of drug-likeness (QED) is 0.694. The van der Waals surface area contributed by atoms with Gasteiger partial charge in [0.05, 0.1) is 11.6 Å². The number of amides is 1. The number of aryl methyl sites for hydroxylation is 2. The zero-order chi connectivity index (χ0) is 16.0. The standard InChI is InChI=1S/C8H10N2O.C8H8N2/c1-5-2-3-6(9)4-7(5)8(10)11;1-6-2-3-8(10)4-7(6)5-9/h2-4H,9H2,1H3,(H2,10,11);2-4H,10H2,1H3. The first-order valence-corrected chi connectivity index (χ1v) is 6.27. The molecule has 0 fully saturated rings. The lowest BCUT2D eigenvalue weighted by Gasteiger charge is -2.01. The van der Waals surface area contributed by atoms with E-state index in [0.717, 1.165) is 11.1 Å². The van der Waals surface area contributed by atoms with Gasteiger partial charge in [-0.1, -0.05) is 12.1 Å². The number of nitrogens with two attached hydrogens (primary N) is 3. The van der Waals surface area contributed by atoms with Gasteiger partial charge in [-0.25, -0.2) is 0 Å². The van der Waals surface area contributed by atoms with Gasteiger partial charge in [-0.15, -0.1) is 0 Å². The molecule has 6 N–H and O–H groups in total. The summed E-state index contributed by atoms with van der Waals surface area (Å²) in [5.41, 5.74) is 20.2. The molecule has 21 heavy (non-hydrogen) atoms. The van der Waals surface area contributed by atoms with Crippen molar-refractivity contribution in [2.75, 3.05) is 11.5 Å². The van der Waals surface area contributed by atoms with E-state index < -0.39 is 5.91 Å². The fourth-order valence-corrected chi connectivity index (χ4v) is 1.67. The van der Waals surface area contributed by atoms with Crippen LogP contribution in [0.5, 0.6) is 0 Å². The molecule has 2 aromatic carbocycles. The van der Waals surface area contributed by atoms with Crippen LogP contribution in [0.3, 0.4) is 0 Å². The van der Waals surface area contributed by atoms with Crippen LogP contribution in [0.1, 0.15) is 27.0 Å². The first kappa shape index (κ1) is 16.1. The van der Waals surface area contributed by atoms with E-state index >= 15 is 0 Å². The summed E-state index contributed by atoms with van der Waals surface area (Å²) in [6, 6.07) is 12.5. The van der Waals surface area contributed by atoms with Crippen LogP contribution >= 0.6 is 0 Å². The van der Waals surface area contributed by atoms with Crippen LogP contribution in [0, 0.1) is 25.2 Å². The van der Waals surface area contributed by atoms with E-state index in [0.29, 0.717) is 22.5 Å². The molecule has 0 saturated carbocycles. The molecule has 0 aromatic heterocycles. The third kappa shape index (κ3) is 4.55. The number of benzene rings is 2. The van der Waals surface area contributed by atoms with Gasteiger partial charge in [0.15, 0.2) is 0 Å². The molecule has 0 bridgehead atoms. The van der Waals surface area contributed by atoms with Gasteiger partial charge in [0.25, 0.3) is 0 Å². The molecule has 0 unspecified atom stereocenters. The molecule has 0 aliphatic rings. The number of nitriles is 1. The van der Waals surface area contributed by atoms with E-state index in [2.05, 4.69) is 6.07 Å². The minimum absolute atomic E-state index is 0.435. The first-order valence-electron chi connectivity index (χ1n) is 6.27. The van der Waals surface area contributed by atoms with E-state index in [1.807, 2.05) is 19.9 Å². The molecule has 0 aliphatic carbocycles. The van der Waals surface area contributed by atoms with Crippen molar-refractivity contribution in [2.45, 2.75) is 13.8 Å². The van der Waals surface area contributed by atoms with Crippen molar-refractivity contribution in [1.29, 1.82) is 5.26 Å². The predicted octanol–water partition coefficient (Wildman–Crippen LogP) is 2.13. The van der Waals surface area contributed by atoms with Crippen molar-refractivity contribution < 1.29 is 4.79 Å². The van der Waals surface area contributed by atoms with Crippen molar-refractivity contribution >= 4 is 17.3 Å². The predicted molar refractivity (Wildman–Crippen MR) is 84.4 cm³/mol. The summed E-state index contributed by atoms with van der Waals surface area (Å²) in [5, 5.41) is 8.54. The number of carbonyl (C=O) groups is 1. The molecular formula is C16H18N4O. The summed E-state index contributed by atoms with van der Waals surface area (Å²) in [5.74, 6) is -0.435. The number of carbonyl (C=O) groups excluding carboxylic acids is 1. The van der Waals surface area contributed by atoms with Crippen LogP contribution in [0.4, 0.5) is 11.4 Å². The average molecular weight is 282 g/mol. The average Bonchev–Trinajstić information content (AvgIpc) is 2.44. The van der Waals surface area contributed by atoms with Gasteiger partial charge in [0.2, 0.25) is 5.91 Å². The Labute approximate surface area is 124 Å². The van der Waals surface area contributed by atoms with Gasteiger partial charge in [-0.2, -0.15) is 5.26 Å². The summed E-state index contributed by atoms with van der Waals surface area (Å²) in [6.45, 7) is 3.71. The van der Waals surface area contributed by atoms with Gasteiger partial charge in [-0.3, -0.25) is 4.79 Å². The normalized spacial score (nSPS) is 9.19. The van der Waals surface area contributed by atoms with Crippen LogP contribution in [-0.2, 0) is 0 Å². The maximum Gasteiger partial charge on any atom is 0.249 e. The van der Waals surface area contributed by atoms with Gasteiger partial charge in [0.1, 0.15) is 0 Å². The van der Waals surface area contributed by atoms with E-state index in [-0.39, 0.29) is 0 Å². The topological polar surface area (TPSA) is 119 Å². The second-order valence-corrected chi connectivity index (χ2v) is 4.62. The highest BCUT2D eigenvalue weighted by Gasteiger charge is 2.03. The summed E-state index contributed by atoms with van der Waals surface area (Å²) >= 11 is 0. The van der Waals surface area contributed by atoms with Crippen molar-refractivity contribution in [3.8, 4) is 6.07 Å². The number of rotatable bonds is 1. The van der Waals surface area contributed by atoms with E-state index in [4.69, 9.17) is 22.5 Å². The van der Waals surface area contributed by atoms with Gasteiger partial charge in [-0.05, 0) is 49.2 Å². The Morgan fingerprint density at radius 1 is 1.00 bits per heavy atom. The Morgan fingerprint density at radius 2 is 1.52 bits per heavy atom. The number of nitrogen functional groups attached to an aromatic ring is 2. The molecule has 1 amide bonds. The molecule has 0 atom stereocenters. The smallest absolute Gasteiger partial charge is 0.249 e. The zero-order valence-corrected chi connectivity index (χ0v) is 12.1. The zero-order valence-electron chi connectivity index (χ0n) is 12.1. The minimum atomic E-state index is -0.435. The van der Waals surface area contributed by atoms with Crippen LogP contribution in [0.25, 0.3) is 0 Å². The lowest BCUT2D eigenvalue weighted by molar-refractivity contribution is 0.1000. The Bertz CT molecular complexity index is 702. The highest BCUT2D eigenvalue weighted by Crippen LogP contribution is 2.11. The highest BCUT2D eigenvalue weighted by molar-refractivity contribution is 5.95. The van der Waals surface area contributed by atoms with Crippen molar-refractivity contribution in [1.82, 2.24) is 0 Å². The minimum Gasteiger partial charge on any atom is -0.399 e. The summed E-state index contributed by atoms with van der Waals surface area (Å²) < 4.78 is 0. The third-order valence-corrected chi connectivity index (χ3v) is 2.91. The van der Waals surface area contributed by atoms with Crippen LogP contribution in [-0.4, -0.2) is 5.91 Å². The molecule has 2 rings (SSSR count). The van der Waals surface area contributed by atoms with E-state index in [1.54, 1.807) is 30.3 Å².